The van der Waals surface area contributed by atoms with Gasteiger partial charge in [0, 0.05) is 17.7 Å². The first kappa shape index (κ1) is 14.7. The van der Waals surface area contributed by atoms with E-state index in [0.29, 0.717) is 0 Å². The molecule has 19 heavy (non-hydrogen) atoms. The molecular weight excluding hydrogens is 254 g/mol. The Balaban J connectivity index is 3.10. The molecule has 0 radical (unpaired) electrons. The molecule has 0 unspecified atom stereocenters. The molecule has 2 N–H and O–H groups in total. The Labute approximate surface area is 109 Å². The van der Waals surface area contributed by atoms with Crippen molar-refractivity contribution in [2.24, 2.45) is 0 Å². The number of nitrogens with one attached hydrogen (secondary N) is 1. The molecular formula is C11H15N3O5. The number of carboxylic acids is 1. The first-order valence-electron chi connectivity index (χ1n) is 5.44. The van der Waals surface area contributed by atoms with E-state index in [2.05, 4.69) is 10.3 Å². The van der Waals surface area contributed by atoms with Crippen LogP contribution in [0.2, 0.25) is 0 Å². The van der Waals surface area contributed by atoms with Gasteiger partial charge in [0.1, 0.15) is 0 Å². The lowest BCUT2D eigenvalue weighted by Crippen LogP contribution is -2.34. The van der Waals surface area contributed by atoms with E-state index in [1.54, 1.807) is 13.8 Å². The molecule has 1 rings (SSSR count). The number of aromatic nitrogens is 1. The number of carbonyl (C=O) groups is 1. The van der Waals surface area contributed by atoms with Crippen LogP contribution < -0.4 is 10.1 Å². The number of rotatable bonds is 6. The predicted molar refractivity (Wildman–Crippen MR) is 67.4 cm³/mol. The Morgan fingerprint density at radius 1 is 1.58 bits per heavy atom. The van der Waals surface area contributed by atoms with Crippen LogP contribution in [0.1, 0.15) is 20.3 Å². The van der Waals surface area contributed by atoms with E-state index in [1.807, 2.05) is 0 Å². The molecule has 0 fully saturated rings. The molecule has 0 aromatic carbocycles. The summed E-state index contributed by atoms with van der Waals surface area (Å²) in [6.45, 7) is 3.23. The van der Waals surface area contributed by atoms with Crippen molar-refractivity contribution in [1.29, 1.82) is 0 Å². The highest BCUT2D eigenvalue weighted by Gasteiger charge is 2.26. The smallest absolute Gasteiger partial charge is 0.311 e. The van der Waals surface area contributed by atoms with Crippen LogP contribution in [-0.2, 0) is 4.79 Å². The number of hydrogen-bond donors (Lipinski definition) is 2. The second-order valence-corrected chi connectivity index (χ2v) is 4.56. The van der Waals surface area contributed by atoms with Gasteiger partial charge in [-0.1, -0.05) is 0 Å². The van der Waals surface area contributed by atoms with Crippen molar-refractivity contribution in [3.05, 3.63) is 22.2 Å². The third-order valence-electron chi connectivity index (χ3n) is 2.30. The molecule has 0 aliphatic rings. The van der Waals surface area contributed by atoms with Crippen molar-refractivity contribution < 1.29 is 19.6 Å². The zero-order chi connectivity index (χ0) is 14.6. The van der Waals surface area contributed by atoms with Crippen molar-refractivity contribution in [2.75, 3.05) is 12.4 Å². The molecule has 8 nitrogen and oxygen atoms in total. The zero-order valence-corrected chi connectivity index (χ0v) is 10.8. The lowest BCUT2D eigenvalue weighted by molar-refractivity contribution is -0.384. The van der Waals surface area contributed by atoms with E-state index in [4.69, 9.17) is 9.84 Å². The van der Waals surface area contributed by atoms with Gasteiger partial charge in [-0.3, -0.25) is 14.9 Å². The largest absolute Gasteiger partial charge is 0.481 e. The molecule has 0 bridgehead atoms. The van der Waals surface area contributed by atoms with Crippen LogP contribution >= 0.6 is 0 Å². The number of pyridine rings is 1. The fourth-order valence-corrected chi connectivity index (χ4v) is 1.53. The van der Waals surface area contributed by atoms with Gasteiger partial charge in [0.25, 0.3) is 0 Å². The van der Waals surface area contributed by atoms with E-state index in [9.17, 15) is 14.9 Å². The van der Waals surface area contributed by atoms with Crippen LogP contribution in [0.3, 0.4) is 0 Å². The van der Waals surface area contributed by atoms with Crippen molar-refractivity contribution in [2.45, 2.75) is 25.8 Å². The third kappa shape index (κ3) is 4.09. The highest BCUT2D eigenvalue weighted by atomic mass is 16.6. The summed E-state index contributed by atoms with van der Waals surface area (Å²) >= 11 is 0. The van der Waals surface area contributed by atoms with Crippen molar-refractivity contribution in [3.8, 4) is 5.88 Å². The zero-order valence-electron chi connectivity index (χ0n) is 10.8. The molecule has 104 valence electrons. The first-order chi connectivity index (χ1) is 8.75. The summed E-state index contributed by atoms with van der Waals surface area (Å²) in [5.41, 5.74) is -1.12. The number of methoxy groups -OCH3 is 1. The predicted octanol–water partition coefficient (Wildman–Crippen LogP) is 1.66. The minimum Gasteiger partial charge on any atom is -0.481 e. The SMILES string of the molecule is COc1ccc([N+](=O)[O-])c(NC(C)(C)CC(=O)O)n1. The fourth-order valence-electron chi connectivity index (χ4n) is 1.53. The summed E-state index contributed by atoms with van der Waals surface area (Å²) in [6, 6.07) is 2.62. The summed E-state index contributed by atoms with van der Waals surface area (Å²) in [6.07, 6.45) is -0.205. The van der Waals surface area contributed by atoms with Gasteiger partial charge in [-0.05, 0) is 13.8 Å². The van der Waals surface area contributed by atoms with Crippen molar-refractivity contribution in [3.63, 3.8) is 0 Å². The van der Waals surface area contributed by atoms with E-state index in [0.717, 1.165) is 0 Å². The van der Waals surface area contributed by atoms with E-state index in [1.165, 1.54) is 19.2 Å². The lowest BCUT2D eigenvalue weighted by Gasteiger charge is -2.24. The normalized spacial score (nSPS) is 10.9. The number of carboxylic acid groups (broad SMARTS) is 1. The average molecular weight is 269 g/mol. The highest BCUT2D eigenvalue weighted by Crippen LogP contribution is 2.28. The van der Waals surface area contributed by atoms with Gasteiger partial charge in [-0.25, -0.2) is 0 Å². The first-order valence-corrected chi connectivity index (χ1v) is 5.44. The van der Waals surface area contributed by atoms with Gasteiger partial charge in [-0.2, -0.15) is 4.98 Å². The van der Waals surface area contributed by atoms with Crippen molar-refractivity contribution >= 4 is 17.5 Å². The molecule has 1 heterocycles. The Morgan fingerprint density at radius 3 is 2.68 bits per heavy atom. The van der Waals surface area contributed by atoms with Gasteiger partial charge < -0.3 is 15.2 Å². The van der Waals surface area contributed by atoms with E-state index >= 15 is 0 Å². The maximum atomic E-state index is 10.9. The Morgan fingerprint density at radius 2 is 2.21 bits per heavy atom. The Hall–Kier alpha value is -2.38. The monoisotopic (exact) mass is 269 g/mol. The average Bonchev–Trinajstić information content (AvgIpc) is 2.25. The molecule has 0 saturated carbocycles. The molecule has 0 saturated heterocycles. The second kappa shape index (κ2) is 5.51. The van der Waals surface area contributed by atoms with Crippen LogP contribution in [-0.4, -0.2) is 33.6 Å². The molecule has 0 spiro atoms. The quantitative estimate of drug-likeness (QED) is 0.596. The van der Waals surface area contributed by atoms with Crippen molar-refractivity contribution in [1.82, 2.24) is 4.98 Å². The summed E-state index contributed by atoms with van der Waals surface area (Å²) in [7, 11) is 1.39. The number of nitrogens with zero attached hydrogens (tertiary/aromatic N) is 2. The Kier molecular flexibility index (Phi) is 4.26. The minimum absolute atomic E-state index is 0.0180. The summed E-state index contributed by atoms with van der Waals surface area (Å²) < 4.78 is 4.90. The Bertz CT molecular complexity index is 501. The maximum absolute atomic E-state index is 10.9. The molecule has 0 atom stereocenters. The van der Waals surface area contributed by atoms with Crippen LogP contribution in [0.4, 0.5) is 11.5 Å². The summed E-state index contributed by atoms with van der Waals surface area (Å²) in [5, 5.41) is 22.4. The maximum Gasteiger partial charge on any atom is 0.311 e. The number of aliphatic carboxylic acids is 1. The van der Waals surface area contributed by atoms with Gasteiger partial charge in [0.15, 0.2) is 0 Å². The topological polar surface area (TPSA) is 115 Å². The van der Waals surface area contributed by atoms with Crippen LogP contribution in [0.5, 0.6) is 5.88 Å². The van der Waals surface area contributed by atoms with Gasteiger partial charge in [-0.15, -0.1) is 0 Å². The van der Waals surface area contributed by atoms with Crippen LogP contribution in [0, 0.1) is 10.1 Å². The summed E-state index contributed by atoms with van der Waals surface area (Å²) in [4.78, 5) is 25.0. The molecule has 0 amide bonds. The highest BCUT2D eigenvalue weighted by molar-refractivity contribution is 5.70. The standard InChI is InChI=1S/C11H15N3O5/c1-11(2,6-9(15)16)13-10-7(14(17)18)4-5-8(12-10)19-3/h4-5H,6H2,1-3H3,(H,12,13)(H,15,16). The lowest BCUT2D eigenvalue weighted by atomic mass is 10.0. The molecule has 8 heteroatoms. The van der Waals surface area contributed by atoms with Gasteiger partial charge in [0.05, 0.1) is 18.5 Å². The number of anilines is 1. The molecule has 0 aliphatic heterocycles. The third-order valence-corrected chi connectivity index (χ3v) is 2.30. The number of ether oxygens (including phenoxy) is 1. The molecule has 1 aromatic rings. The molecule has 1 aromatic heterocycles. The molecule has 0 aliphatic carbocycles. The van der Waals surface area contributed by atoms with Crippen LogP contribution in [0.15, 0.2) is 12.1 Å². The van der Waals surface area contributed by atoms with Gasteiger partial charge >= 0.3 is 11.7 Å². The fraction of sp³-hybridized carbons (Fsp3) is 0.455. The minimum atomic E-state index is -1.01. The number of hydrogen-bond acceptors (Lipinski definition) is 6. The van der Waals surface area contributed by atoms with E-state index in [-0.39, 0.29) is 23.8 Å². The summed E-state index contributed by atoms with van der Waals surface area (Å²) in [5.74, 6) is -0.821. The van der Waals surface area contributed by atoms with E-state index < -0.39 is 16.4 Å². The van der Waals surface area contributed by atoms with Crippen LogP contribution in [0.25, 0.3) is 0 Å². The second-order valence-electron chi connectivity index (χ2n) is 4.56. The number of nitro groups is 1. The van der Waals surface area contributed by atoms with Gasteiger partial charge in [0.2, 0.25) is 11.7 Å².